The Hall–Kier alpha value is -1.13. The Morgan fingerprint density at radius 2 is 2.25 bits per heavy atom. The van der Waals surface area contributed by atoms with Gasteiger partial charge in [0.2, 0.25) is 0 Å². The molecule has 2 saturated heterocycles. The molecule has 3 heterocycles. The first-order valence-corrected chi connectivity index (χ1v) is 7.69. The molecule has 1 aromatic rings. The lowest BCUT2D eigenvalue weighted by atomic mass is 9.97. The fourth-order valence-electron chi connectivity index (χ4n) is 3.30. The number of hydrogen-bond acceptors (Lipinski definition) is 3. The fraction of sp³-hybridized carbons (Fsp3) is 0.600. The normalized spacial score (nSPS) is 27.2. The van der Waals surface area contributed by atoms with Crippen LogP contribution in [0.1, 0.15) is 36.7 Å². The molecule has 1 amide bonds. The third-order valence-electron chi connectivity index (χ3n) is 4.39. The van der Waals surface area contributed by atoms with Crippen LogP contribution in [0.25, 0.3) is 0 Å². The molecule has 5 heteroatoms. The molecule has 0 bridgehead atoms. The first kappa shape index (κ1) is 13.8. The average molecular weight is 294 g/mol. The van der Waals surface area contributed by atoms with E-state index in [0.29, 0.717) is 16.8 Å². The van der Waals surface area contributed by atoms with Crippen molar-refractivity contribution in [2.24, 2.45) is 0 Å². The van der Waals surface area contributed by atoms with Crippen molar-refractivity contribution in [3.05, 3.63) is 29.0 Å². The summed E-state index contributed by atoms with van der Waals surface area (Å²) >= 11 is 5.96. The summed E-state index contributed by atoms with van der Waals surface area (Å²) in [7, 11) is 0. The molecule has 0 N–H and O–H groups in total. The van der Waals surface area contributed by atoms with Crippen molar-refractivity contribution in [1.29, 1.82) is 0 Å². The van der Waals surface area contributed by atoms with Gasteiger partial charge in [-0.05, 0) is 38.4 Å². The van der Waals surface area contributed by atoms with E-state index in [0.717, 1.165) is 13.1 Å². The van der Waals surface area contributed by atoms with Crippen LogP contribution in [0.15, 0.2) is 18.3 Å². The van der Waals surface area contributed by atoms with Crippen LogP contribution in [0.5, 0.6) is 0 Å². The van der Waals surface area contributed by atoms with Gasteiger partial charge in [-0.1, -0.05) is 18.0 Å². The summed E-state index contributed by atoms with van der Waals surface area (Å²) in [5, 5.41) is 0.562. The lowest BCUT2D eigenvalue weighted by Crippen LogP contribution is -2.60. The molecule has 20 heavy (non-hydrogen) atoms. The number of rotatable bonds is 1. The summed E-state index contributed by atoms with van der Waals surface area (Å²) in [5.41, 5.74) is 0.452. The van der Waals surface area contributed by atoms with Crippen molar-refractivity contribution < 1.29 is 4.79 Å². The van der Waals surface area contributed by atoms with Gasteiger partial charge in [-0.15, -0.1) is 0 Å². The smallest absolute Gasteiger partial charge is 0.272 e. The number of amides is 1. The topological polar surface area (TPSA) is 36.4 Å². The summed E-state index contributed by atoms with van der Waals surface area (Å²) < 4.78 is 0. The zero-order valence-corrected chi connectivity index (χ0v) is 12.5. The third kappa shape index (κ3) is 2.67. The van der Waals surface area contributed by atoms with E-state index < -0.39 is 0 Å². The predicted molar refractivity (Wildman–Crippen MR) is 79.0 cm³/mol. The van der Waals surface area contributed by atoms with E-state index in [9.17, 15) is 4.79 Å². The number of pyridine rings is 1. The van der Waals surface area contributed by atoms with Gasteiger partial charge in [-0.3, -0.25) is 14.7 Å². The zero-order valence-electron chi connectivity index (χ0n) is 11.8. The Kier molecular flexibility index (Phi) is 3.94. The molecule has 0 spiro atoms. The molecule has 108 valence electrons. The lowest BCUT2D eigenvalue weighted by Gasteiger charge is -2.47. The molecule has 2 atom stereocenters. The number of piperidine rings is 1. The van der Waals surface area contributed by atoms with Gasteiger partial charge in [-0.2, -0.15) is 0 Å². The van der Waals surface area contributed by atoms with Crippen LogP contribution in [-0.2, 0) is 0 Å². The average Bonchev–Trinajstić information content (AvgIpc) is 2.46. The molecule has 2 aliphatic rings. The Morgan fingerprint density at radius 3 is 3.05 bits per heavy atom. The minimum atomic E-state index is 0.00484. The molecular formula is C15H20ClN3O. The minimum Gasteiger partial charge on any atom is -0.332 e. The molecule has 0 radical (unpaired) electrons. The second-order valence-electron chi connectivity index (χ2n) is 5.81. The van der Waals surface area contributed by atoms with E-state index in [1.165, 1.54) is 25.8 Å². The number of fused-ring (bicyclic) bond motifs is 1. The first-order chi connectivity index (χ1) is 9.65. The maximum absolute atomic E-state index is 12.6. The number of carbonyl (C=O) groups is 1. The molecule has 0 aliphatic carbocycles. The van der Waals surface area contributed by atoms with Crippen molar-refractivity contribution in [3.63, 3.8) is 0 Å². The van der Waals surface area contributed by atoms with Gasteiger partial charge in [0.05, 0.1) is 0 Å². The molecule has 2 aliphatic heterocycles. The summed E-state index contributed by atoms with van der Waals surface area (Å²) in [6, 6.07) is 4.10. The highest BCUT2D eigenvalue weighted by atomic mass is 35.5. The zero-order chi connectivity index (χ0) is 14.1. The summed E-state index contributed by atoms with van der Waals surface area (Å²) in [6.45, 7) is 5.07. The monoisotopic (exact) mass is 293 g/mol. The van der Waals surface area contributed by atoms with Gasteiger partial charge in [-0.25, -0.2) is 0 Å². The Bertz CT molecular complexity index is 508. The van der Waals surface area contributed by atoms with Crippen molar-refractivity contribution in [1.82, 2.24) is 14.8 Å². The summed E-state index contributed by atoms with van der Waals surface area (Å²) in [6.07, 6.45) is 5.34. The highest BCUT2D eigenvalue weighted by Crippen LogP contribution is 2.25. The summed E-state index contributed by atoms with van der Waals surface area (Å²) in [5.74, 6) is 0.00484. The highest BCUT2D eigenvalue weighted by molar-refractivity contribution is 6.30. The van der Waals surface area contributed by atoms with Crippen LogP contribution in [0.4, 0.5) is 0 Å². The second kappa shape index (κ2) is 5.70. The number of halogens is 1. The van der Waals surface area contributed by atoms with Crippen LogP contribution in [0.3, 0.4) is 0 Å². The van der Waals surface area contributed by atoms with Crippen LogP contribution < -0.4 is 0 Å². The first-order valence-electron chi connectivity index (χ1n) is 7.32. The number of hydrogen-bond donors (Lipinski definition) is 0. The van der Waals surface area contributed by atoms with Crippen molar-refractivity contribution in [2.75, 3.05) is 19.6 Å². The maximum atomic E-state index is 12.6. The predicted octanol–water partition coefficient (Wildman–Crippen LogP) is 2.43. The van der Waals surface area contributed by atoms with Crippen molar-refractivity contribution >= 4 is 17.5 Å². The molecule has 0 aromatic carbocycles. The van der Waals surface area contributed by atoms with E-state index in [1.807, 2.05) is 4.90 Å². The molecule has 2 fully saturated rings. The van der Waals surface area contributed by atoms with E-state index >= 15 is 0 Å². The minimum absolute atomic E-state index is 0.00484. The van der Waals surface area contributed by atoms with Gasteiger partial charge < -0.3 is 4.90 Å². The summed E-state index contributed by atoms with van der Waals surface area (Å²) in [4.78, 5) is 21.3. The van der Waals surface area contributed by atoms with Crippen LogP contribution >= 0.6 is 11.6 Å². The van der Waals surface area contributed by atoms with Crippen LogP contribution in [0.2, 0.25) is 5.02 Å². The number of carbonyl (C=O) groups excluding carboxylic acids is 1. The van der Waals surface area contributed by atoms with E-state index in [1.54, 1.807) is 18.3 Å². The fourth-order valence-corrected chi connectivity index (χ4v) is 3.46. The van der Waals surface area contributed by atoms with Crippen LogP contribution in [0, 0.1) is 0 Å². The maximum Gasteiger partial charge on any atom is 0.272 e. The molecular weight excluding hydrogens is 274 g/mol. The highest BCUT2D eigenvalue weighted by Gasteiger charge is 2.35. The van der Waals surface area contributed by atoms with Crippen molar-refractivity contribution in [3.8, 4) is 0 Å². The Labute approximate surface area is 124 Å². The second-order valence-corrected chi connectivity index (χ2v) is 6.25. The number of nitrogens with zero attached hydrogens (tertiary/aromatic N) is 3. The Morgan fingerprint density at radius 1 is 1.40 bits per heavy atom. The molecule has 2 unspecified atom stereocenters. The standard InChI is InChI=1S/C15H20ClN3O/c1-11-9-18-7-3-2-4-13(18)10-19(11)15(20)14-8-12(16)5-6-17-14/h5-6,8,11,13H,2-4,7,9-10H2,1H3. The van der Waals surface area contributed by atoms with Gasteiger partial charge in [0.1, 0.15) is 5.69 Å². The molecule has 1 aromatic heterocycles. The van der Waals surface area contributed by atoms with Gasteiger partial charge in [0.15, 0.2) is 0 Å². The number of piperazine rings is 1. The number of aromatic nitrogens is 1. The molecule has 0 saturated carbocycles. The SMILES string of the molecule is CC1CN2CCCCC2CN1C(=O)c1cc(Cl)ccn1. The lowest BCUT2D eigenvalue weighted by molar-refractivity contribution is 0.0148. The Balaban J connectivity index is 1.77. The van der Waals surface area contributed by atoms with Gasteiger partial charge in [0.25, 0.3) is 5.91 Å². The molecule has 4 nitrogen and oxygen atoms in total. The van der Waals surface area contributed by atoms with E-state index in [-0.39, 0.29) is 11.9 Å². The quantitative estimate of drug-likeness (QED) is 0.798. The van der Waals surface area contributed by atoms with Gasteiger partial charge >= 0.3 is 0 Å². The van der Waals surface area contributed by atoms with Crippen molar-refractivity contribution in [2.45, 2.75) is 38.3 Å². The third-order valence-corrected chi connectivity index (χ3v) is 4.62. The molecule has 3 rings (SSSR count). The van der Waals surface area contributed by atoms with Crippen LogP contribution in [-0.4, -0.2) is 52.4 Å². The largest absolute Gasteiger partial charge is 0.332 e. The van der Waals surface area contributed by atoms with Gasteiger partial charge in [0, 0.05) is 36.4 Å². The van der Waals surface area contributed by atoms with E-state index in [4.69, 9.17) is 11.6 Å². The van der Waals surface area contributed by atoms with E-state index in [2.05, 4.69) is 16.8 Å².